The maximum Gasteiger partial charge on any atom is 0.303 e. The summed E-state index contributed by atoms with van der Waals surface area (Å²) in [6.07, 6.45) is 5.20. The van der Waals surface area contributed by atoms with Crippen molar-refractivity contribution in [3.05, 3.63) is 21.4 Å². The maximum absolute atomic E-state index is 12.3. The summed E-state index contributed by atoms with van der Waals surface area (Å²) in [7, 11) is 0. The SMILES string of the molecule is Cc1cc(C(=O)NCC2(CC(=O)O)CCCCC2)c(C)s1. The molecule has 1 aromatic rings. The second-order valence-electron chi connectivity index (χ2n) is 6.14. The average molecular weight is 309 g/mol. The fourth-order valence-electron chi connectivity index (χ4n) is 3.26. The van der Waals surface area contributed by atoms with E-state index in [1.165, 1.54) is 0 Å². The number of carbonyl (C=O) groups is 2. The molecule has 0 saturated heterocycles. The van der Waals surface area contributed by atoms with Crippen LogP contribution in [-0.4, -0.2) is 23.5 Å². The van der Waals surface area contributed by atoms with Gasteiger partial charge in [0.2, 0.25) is 0 Å². The zero-order valence-electron chi connectivity index (χ0n) is 12.7. The first-order valence-electron chi connectivity index (χ1n) is 7.49. The summed E-state index contributed by atoms with van der Waals surface area (Å²) < 4.78 is 0. The molecule has 116 valence electrons. The highest BCUT2D eigenvalue weighted by atomic mass is 32.1. The van der Waals surface area contributed by atoms with Crippen molar-refractivity contribution in [3.8, 4) is 0 Å². The van der Waals surface area contributed by atoms with Crippen LogP contribution in [0.25, 0.3) is 0 Å². The molecule has 1 fully saturated rings. The fourth-order valence-corrected chi connectivity index (χ4v) is 4.18. The summed E-state index contributed by atoms with van der Waals surface area (Å²) in [6.45, 7) is 4.40. The molecule has 1 aliphatic carbocycles. The van der Waals surface area contributed by atoms with Crippen molar-refractivity contribution in [2.45, 2.75) is 52.4 Å². The summed E-state index contributed by atoms with van der Waals surface area (Å²) in [5.74, 6) is -0.846. The van der Waals surface area contributed by atoms with Crippen molar-refractivity contribution >= 4 is 23.2 Å². The molecule has 0 aliphatic heterocycles. The van der Waals surface area contributed by atoms with E-state index in [0.717, 1.165) is 47.4 Å². The smallest absolute Gasteiger partial charge is 0.303 e. The predicted molar refractivity (Wildman–Crippen MR) is 83.9 cm³/mol. The number of amides is 1. The number of hydrogen-bond acceptors (Lipinski definition) is 3. The predicted octanol–water partition coefficient (Wildman–Crippen LogP) is 3.52. The van der Waals surface area contributed by atoms with Crippen molar-refractivity contribution in [3.63, 3.8) is 0 Å². The highest BCUT2D eigenvalue weighted by molar-refractivity contribution is 7.12. The molecule has 1 heterocycles. The number of carboxylic acid groups (broad SMARTS) is 1. The topological polar surface area (TPSA) is 66.4 Å². The van der Waals surface area contributed by atoms with Gasteiger partial charge < -0.3 is 10.4 Å². The Kier molecular flexibility index (Phi) is 5.04. The minimum absolute atomic E-state index is 0.0767. The van der Waals surface area contributed by atoms with Gasteiger partial charge in [0.1, 0.15) is 0 Å². The number of hydrogen-bond donors (Lipinski definition) is 2. The summed E-state index contributed by atoms with van der Waals surface area (Å²) in [5.41, 5.74) is 0.456. The Morgan fingerprint density at radius 1 is 1.29 bits per heavy atom. The minimum Gasteiger partial charge on any atom is -0.481 e. The molecule has 0 atom stereocenters. The molecule has 1 aliphatic rings. The number of carboxylic acids is 1. The lowest BCUT2D eigenvalue weighted by molar-refractivity contribution is -0.140. The molecule has 4 nitrogen and oxygen atoms in total. The molecule has 1 aromatic heterocycles. The largest absolute Gasteiger partial charge is 0.481 e. The first-order valence-corrected chi connectivity index (χ1v) is 8.31. The monoisotopic (exact) mass is 309 g/mol. The maximum atomic E-state index is 12.3. The van der Waals surface area contributed by atoms with Crippen LogP contribution in [0.2, 0.25) is 0 Å². The van der Waals surface area contributed by atoms with E-state index in [4.69, 9.17) is 5.11 Å². The van der Waals surface area contributed by atoms with Crippen molar-refractivity contribution in [1.29, 1.82) is 0 Å². The lowest BCUT2D eigenvalue weighted by Crippen LogP contribution is -2.40. The molecule has 1 amide bonds. The van der Waals surface area contributed by atoms with Gasteiger partial charge in [-0.25, -0.2) is 0 Å². The third-order valence-electron chi connectivity index (χ3n) is 4.35. The molecule has 2 N–H and O–H groups in total. The number of nitrogens with one attached hydrogen (secondary N) is 1. The highest BCUT2D eigenvalue weighted by Gasteiger charge is 2.34. The van der Waals surface area contributed by atoms with Gasteiger partial charge in [0.05, 0.1) is 12.0 Å². The Balaban J connectivity index is 2.02. The molecule has 0 unspecified atom stereocenters. The van der Waals surface area contributed by atoms with Crippen LogP contribution in [0.3, 0.4) is 0 Å². The normalized spacial score (nSPS) is 17.4. The number of thiophene rings is 1. The van der Waals surface area contributed by atoms with E-state index in [2.05, 4.69) is 5.32 Å². The summed E-state index contributed by atoms with van der Waals surface area (Å²) >= 11 is 1.61. The summed E-state index contributed by atoms with van der Waals surface area (Å²) in [5, 5.41) is 12.1. The number of carbonyl (C=O) groups excluding carboxylic acids is 1. The van der Waals surface area contributed by atoms with Crippen LogP contribution >= 0.6 is 11.3 Å². The van der Waals surface area contributed by atoms with Crippen LogP contribution < -0.4 is 5.32 Å². The van der Waals surface area contributed by atoms with Crippen LogP contribution in [0.15, 0.2) is 6.07 Å². The van der Waals surface area contributed by atoms with Crippen molar-refractivity contribution in [2.24, 2.45) is 5.41 Å². The Bertz CT molecular complexity index is 530. The average Bonchev–Trinajstić information content (AvgIpc) is 2.75. The molecule has 0 radical (unpaired) electrons. The van der Waals surface area contributed by atoms with Gasteiger partial charge in [-0.1, -0.05) is 19.3 Å². The summed E-state index contributed by atoms with van der Waals surface area (Å²) in [6, 6.07) is 1.90. The van der Waals surface area contributed by atoms with E-state index < -0.39 is 5.97 Å². The Morgan fingerprint density at radius 3 is 2.48 bits per heavy atom. The second-order valence-corrected chi connectivity index (χ2v) is 7.60. The molecule has 0 bridgehead atoms. The van der Waals surface area contributed by atoms with E-state index in [-0.39, 0.29) is 17.7 Å². The zero-order valence-corrected chi connectivity index (χ0v) is 13.5. The standard InChI is InChI=1S/C16H23NO3S/c1-11-8-13(12(2)21-11)15(20)17-10-16(9-14(18)19)6-4-3-5-7-16/h8H,3-7,9-10H2,1-2H3,(H,17,20)(H,18,19). The molecule has 5 heteroatoms. The fraction of sp³-hybridized carbons (Fsp3) is 0.625. The zero-order chi connectivity index (χ0) is 15.5. The number of aliphatic carboxylic acids is 1. The van der Waals surface area contributed by atoms with Gasteiger partial charge in [0.15, 0.2) is 0 Å². The van der Waals surface area contributed by atoms with Gasteiger partial charge in [-0.2, -0.15) is 0 Å². The number of aryl methyl sites for hydroxylation is 2. The van der Waals surface area contributed by atoms with Crippen molar-refractivity contribution < 1.29 is 14.7 Å². The Morgan fingerprint density at radius 2 is 1.95 bits per heavy atom. The van der Waals surface area contributed by atoms with Crippen LogP contribution in [0.4, 0.5) is 0 Å². The van der Waals surface area contributed by atoms with Crippen molar-refractivity contribution in [2.75, 3.05) is 6.54 Å². The molecule has 21 heavy (non-hydrogen) atoms. The second kappa shape index (κ2) is 6.60. The lowest BCUT2D eigenvalue weighted by atomic mass is 9.71. The van der Waals surface area contributed by atoms with Gasteiger partial charge >= 0.3 is 5.97 Å². The van der Waals surface area contributed by atoms with Crippen molar-refractivity contribution in [1.82, 2.24) is 5.32 Å². The van der Waals surface area contributed by atoms with E-state index >= 15 is 0 Å². The molecular formula is C16H23NO3S. The number of rotatable bonds is 5. The summed E-state index contributed by atoms with van der Waals surface area (Å²) in [4.78, 5) is 25.6. The quantitative estimate of drug-likeness (QED) is 0.874. The van der Waals surface area contributed by atoms with Crippen LogP contribution in [0, 0.1) is 19.3 Å². The van der Waals surface area contributed by atoms with Gasteiger partial charge in [0, 0.05) is 16.3 Å². The van der Waals surface area contributed by atoms with Gasteiger partial charge in [-0.05, 0) is 38.2 Å². The lowest BCUT2D eigenvalue weighted by Gasteiger charge is -2.36. The third kappa shape index (κ3) is 4.06. The first-order chi connectivity index (χ1) is 9.92. The minimum atomic E-state index is -0.770. The third-order valence-corrected chi connectivity index (χ3v) is 5.32. The van der Waals surface area contributed by atoms with Crippen LogP contribution in [-0.2, 0) is 4.79 Å². The molecular weight excluding hydrogens is 286 g/mol. The van der Waals surface area contributed by atoms with E-state index in [1.807, 2.05) is 19.9 Å². The van der Waals surface area contributed by atoms with Gasteiger partial charge in [0.25, 0.3) is 5.91 Å². The van der Waals surface area contributed by atoms with Gasteiger partial charge in [-0.15, -0.1) is 11.3 Å². The first kappa shape index (κ1) is 16.0. The molecule has 2 rings (SSSR count). The van der Waals surface area contributed by atoms with Crippen LogP contribution in [0.1, 0.15) is 58.6 Å². The van der Waals surface area contributed by atoms with Crippen LogP contribution in [0.5, 0.6) is 0 Å². The molecule has 0 spiro atoms. The Labute approximate surface area is 129 Å². The molecule has 1 saturated carbocycles. The van der Waals surface area contributed by atoms with E-state index in [9.17, 15) is 9.59 Å². The highest BCUT2D eigenvalue weighted by Crippen LogP contribution is 2.38. The van der Waals surface area contributed by atoms with E-state index in [1.54, 1.807) is 11.3 Å². The van der Waals surface area contributed by atoms with Gasteiger partial charge in [-0.3, -0.25) is 9.59 Å². The van der Waals surface area contributed by atoms with E-state index in [0.29, 0.717) is 6.54 Å². The molecule has 0 aromatic carbocycles. The Hall–Kier alpha value is -1.36.